The maximum Gasteiger partial charge on any atom is 0.167 e. The van der Waals surface area contributed by atoms with Gasteiger partial charge in [0.25, 0.3) is 0 Å². The molecule has 0 aromatic carbocycles. The first kappa shape index (κ1) is 18.6. The van der Waals surface area contributed by atoms with Gasteiger partial charge < -0.3 is 10.2 Å². The highest BCUT2D eigenvalue weighted by atomic mass is 19.3. The van der Waals surface area contributed by atoms with Gasteiger partial charge >= 0.3 is 0 Å². The van der Waals surface area contributed by atoms with Crippen molar-refractivity contribution in [3.05, 3.63) is 49.5 Å². The zero-order chi connectivity index (χ0) is 18.1. The third-order valence-electron chi connectivity index (χ3n) is 5.07. The Morgan fingerprint density at radius 2 is 2.04 bits per heavy atom. The molecule has 24 heavy (non-hydrogen) atoms. The van der Waals surface area contributed by atoms with Gasteiger partial charge in [-0.25, -0.2) is 0 Å². The Kier molecular flexibility index (Phi) is 5.17. The summed E-state index contributed by atoms with van der Waals surface area (Å²) in [6.45, 7) is 23.7. The van der Waals surface area contributed by atoms with Crippen LogP contribution in [-0.2, 0) is 4.94 Å². The van der Waals surface area contributed by atoms with Crippen molar-refractivity contribution >= 4 is 0 Å². The summed E-state index contributed by atoms with van der Waals surface area (Å²) in [6.07, 6.45) is 5.61. The predicted molar refractivity (Wildman–Crippen MR) is 97.6 cm³/mol. The molecule has 1 N–H and O–H groups in total. The normalized spacial score (nSPS) is 29.1. The second-order valence-electron chi connectivity index (χ2n) is 8.32. The lowest BCUT2D eigenvalue weighted by atomic mass is 9.90. The van der Waals surface area contributed by atoms with Gasteiger partial charge in [0.05, 0.1) is 6.04 Å². The van der Waals surface area contributed by atoms with Crippen molar-refractivity contribution in [1.29, 1.82) is 0 Å². The number of nitrogens with one attached hydrogen (secondary N) is 1. The molecule has 0 amide bonds. The molecule has 2 aliphatic rings. The van der Waals surface area contributed by atoms with E-state index in [1.54, 1.807) is 0 Å². The van der Waals surface area contributed by atoms with Crippen LogP contribution in [0, 0.1) is 11.3 Å². The fraction of sp³-hybridized carbons (Fsp3) is 0.600. The van der Waals surface area contributed by atoms with Crippen LogP contribution in [0.3, 0.4) is 0 Å². The van der Waals surface area contributed by atoms with E-state index in [0.717, 1.165) is 43.6 Å². The van der Waals surface area contributed by atoms with Crippen molar-refractivity contribution in [1.82, 2.24) is 10.2 Å². The first-order valence-corrected chi connectivity index (χ1v) is 8.66. The third kappa shape index (κ3) is 3.68. The standard InChI is InChI=1S/C20H31FN2O/c1-8-17-13-20(17,16(4)24-21)22-15(3)18-10-9-11-23(18)14(2)12-19(5,6)7/h8,17-18,22H,1-4,9-13H2,5-7H3/t17?,18-,20?/m0/s1. The summed E-state index contributed by atoms with van der Waals surface area (Å²) >= 11 is 0. The Morgan fingerprint density at radius 3 is 2.54 bits per heavy atom. The summed E-state index contributed by atoms with van der Waals surface area (Å²) in [4.78, 5) is 6.27. The zero-order valence-electron chi connectivity index (χ0n) is 15.3. The summed E-state index contributed by atoms with van der Waals surface area (Å²) in [5, 5.41) is 3.40. The topological polar surface area (TPSA) is 24.5 Å². The van der Waals surface area contributed by atoms with E-state index in [4.69, 9.17) is 0 Å². The highest BCUT2D eigenvalue weighted by molar-refractivity contribution is 5.33. The molecule has 1 saturated heterocycles. The second kappa shape index (κ2) is 6.66. The van der Waals surface area contributed by atoms with Gasteiger partial charge in [-0.3, -0.25) is 4.94 Å². The molecule has 1 aliphatic carbocycles. The molecule has 2 unspecified atom stereocenters. The van der Waals surface area contributed by atoms with Crippen LogP contribution in [0.15, 0.2) is 49.5 Å². The average Bonchev–Trinajstić information content (AvgIpc) is 2.97. The monoisotopic (exact) mass is 334 g/mol. The van der Waals surface area contributed by atoms with Crippen molar-refractivity contribution in [2.75, 3.05) is 6.54 Å². The van der Waals surface area contributed by atoms with E-state index >= 15 is 0 Å². The minimum absolute atomic E-state index is 0.103. The van der Waals surface area contributed by atoms with Gasteiger partial charge in [0.2, 0.25) is 0 Å². The third-order valence-corrected chi connectivity index (χ3v) is 5.07. The maximum absolute atomic E-state index is 12.7. The molecule has 3 atom stereocenters. The predicted octanol–water partition coefficient (Wildman–Crippen LogP) is 4.86. The highest BCUT2D eigenvalue weighted by Crippen LogP contribution is 2.50. The van der Waals surface area contributed by atoms with Crippen molar-refractivity contribution in [3.63, 3.8) is 0 Å². The van der Waals surface area contributed by atoms with E-state index in [1.807, 2.05) is 6.08 Å². The molecule has 1 aliphatic heterocycles. The molecular weight excluding hydrogens is 303 g/mol. The van der Waals surface area contributed by atoms with Crippen molar-refractivity contribution in [2.24, 2.45) is 11.3 Å². The Hall–Kier alpha value is -1.71. The van der Waals surface area contributed by atoms with E-state index in [1.165, 1.54) is 0 Å². The van der Waals surface area contributed by atoms with E-state index in [9.17, 15) is 4.53 Å². The van der Waals surface area contributed by atoms with E-state index in [2.05, 4.69) is 62.2 Å². The van der Waals surface area contributed by atoms with Crippen LogP contribution in [0.2, 0.25) is 0 Å². The molecule has 0 aromatic heterocycles. The van der Waals surface area contributed by atoms with Gasteiger partial charge in [-0.2, -0.15) is 0 Å². The van der Waals surface area contributed by atoms with Gasteiger partial charge in [-0.1, -0.05) is 46.6 Å². The van der Waals surface area contributed by atoms with Gasteiger partial charge in [0, 0.05) is 28.4 Å². The number of likely N-dealkylation sites (tertiary alicyclic amines) is 1. The minimum Gasteiger partial charge on any atom is -0.374 e. The molecule has 1 heterocycles. The largest absolute Gasteiger partial charge is 0.374 e. The highest BCUT2D eigenvalue weighted by Gasteiger charge is 2.57. The molecule has 2 fully saturated rings. The Labute approximate surface area is 145 Å². The summed E-state index contributed by atoms with van der Waals surface area (Å²) < 4.78 is 12.7. The van der Waals surface area contributed by atoms with Gasteiger partial charge in [0.15, 0.2) is 5.76 Å². The molecule has 0 aromatic rings. The summed E-state index contributed by atoms with van der Waals surface area (Å²) in [5.41, 5.74) is 1.61. The lowest BCUT2D eigenvalue weighted by Crippen LogP contribution is -2.42. The van der Waals surface area contributed by atoms with Gasteiger partial charge in [0.1, 0.15) is 5.54 Å². The molecule has 3 nitrogen and oxygen atoms in total. The van der Waals surface area contributed by atoms with Gasteiger partial charge in [-0.05, 0) is 31.1 Å². The Balaban J connectivity index is 2.07. The van der Waals surface area contributed by atoms with Crippen LogP contribution in [0.4, 0.5) is 4.53 Å². The lowest BCUT2D eigenvalue weighted by molar-refractivity contribution is -0.0934. The summed E-state index contributed by atoms with van der Waals surface area (Å²) in [5.74, 6) is 0.219. The number of allylic oxidation sites excluding steroid dienone is 1. The molecule has 0 bridgehead atoms. The van der Waals surface area contributed by atoms with Gasteiger partial charge in [-0.15, -0.1) is 6.58 Å². The summed E-state index contributed by atoms with van der Waals surface area (Å²) in [7, 11) is 0. The van der Waals surface area contributed by atoms with E-state index < -0.39 is 5.54 Å². The molecule has 134 valence electrons. The molecule has 1 saturated carbocycles. The van der Waals surface area contributed by atoms with Crippen molar-refractivity contribution in [3.8, 4) is 0 Å². The number of rotatable bonds is 8. The second-order valence-corrected chi connectivity index (χ2v) is 8.32. The Morgan fingerprint density at radius 1 is 1.38 bits per heavy atom. The fourth-order valence-corrected chi connectivity index (χ4v) is 3.77. The van der Waals surface area contributed by atoms with Crippen molar-refractivity contribution < 1.29 is 9.47 Å². The minimum atomic E-state index is -0.604. The molecule has 0 spiro atoms. The SMILES string of the molecule is C=CC1CC1(NC(=C)[C@@H]1CCCN1C(=C)CC(C)(C)C)C(=C)OF. The molecule has 2 rings (SSSR count). The van der Waals surface area contributed by atoms with Crippen LogP contribution >= 0.6 is 0 Å². The number of hydrogen-bond acceptors (Lipinski definition) is 3. The number of nitrogens with zero attached hydrogens (tertiary/aromatic N) is 1. The van der Waals surface area contributed by atoms with Crippen LogP contribution < -0.4 is 5.32 Å². The van der Waals surface area contributed by atoms with Crippen LogP contribution in [0.5, 0.6) is 0 Å². The number of hydrogen-bond donors (Lipinski definition) is 1. The fourth-order valence-electron chi connectivity index (χ4n) is 3.77. The van der Waals surface area contributed by atoms with Crippen LogP contribution in [-0.4, -0.2) is 23.0 Å². The first-order valence-electron chi connectivity index (χ1n) is 8.66. The first-order chi connectivity index (χ1) is 11.1. The Bertz CT molecular complexity index is 548. The quantitative estimate of drug-likeness (QED) is 0.506. The average molecular weight is 334 g/mol. The van der Waals surface area contributed by atoms with Crippen LogP contribution in [0.25, 0.3) is 0 Å². The molecule has 4 heteroatoms. The zero-order valence-corrected chi connectivity index (χ0v) is 15.3. The van der Waals surface area contributed by atoms with E-state index in [0.29, 0.717) is 0 Å². The summed E-state index contributed by atoms with van der Waals surface area (Å²) in [6, 6.07) is 0.176. The van der Waals surface area contributed by atoms with Crippen LogP contribution in [0.1, 0.15) is 46.5 Å². The number of halogens is 1. The smallest absolute Gasteiger partial charge is 0.167 e. The molecule has 0 radical (unpaired) electrons. The van der Waals surface area contributed by atoms with E-state index in [-0.39, 0.29) is 23.1 Å². The van der Waals surface area contributed by atoms with Crippen molar-refractivity contribution in [2.45, 2.75) is 58.0 Å². The maximum atomic E-state index is 12.7. The lowest BCUT2D eigenvalue weighted by Gasteiger charge is -2.35. The molecular formula is C20H31FN2O.